The van der Waals surface area contributed by atoms with Crippen LogP contribution < -0.4 is 0 Å². The summed E-state index contributed by atoms with van der Waals surface area (Å²) in [6.07, 6.45) is 1.66. The molecule has 0 saturated carbocycles. The third-order valence-electron chi connectivity index (χ3n) is 3.57. The van der Waals surface area contributed by atoms with Gasteiger partial charge in [0.05, 0.1) is 16.6 Å². The zero-order valence-corrected chi connectivity index (χ0v) is 12.1. The number of nitrogens with zero attached hydrogens (tertiary/aromatic N) is 2. The highest BCUT2D eigenvalue weighted by molar-refractivity contribution is 5.94. The second-order valence-electron chi connectivity index (χ2n) is 5.08. The van der Waals surface area contributed by atoms with E-state index in [-0.39, 0.29) is 5.69 Å². The molecule has 0 amide bonds. The highest BCUT2D eigenvalue weighted by Gasteiger charge is 2.07. The maximum absolute atomic E-state index is 10.8. The maximum Gasteiger partial charge on any atom is 0.270 e. The first kappa shape index (κ1) is 14.5. The van der Waals surface area contributed by atoms with Crippen molar-refractivity contribution in [1.29, 1.82) is 5.26 Å². The number of fused-ring (bicyclic) bond motifs is 1. The second-order valence-corrected chi connectivity index (χ2v) is 5.08. The highest BCUT2D eigenvalue weighted by Crippen LogP contribution is 2.24. The molecule has 0 aliphatic rings. The Morgan fingerprint density at radius 1 is 1.00 bits per heavy atom. The van der Waals surface area contributed by atoms with Crippen LogP contribution in [0.1, 0.15) is 11.1 Å². The average molecular weight is 300 g/mol. The fraction of sp³-hybridized carbons (Fsp3) is 0. The van der Waals surface area contributed by atoms with Crippen LogP contribution in [-0.2, 0) is 0 Å². The van der Waals surface area contributed by atoms with Crippen LogP contribution in [0.4, 0.5) is 5.69 Å². The zero-order valence-electron chi connectivity index (χ0n) is 12.1. The second kappa shape index (κ2) is 6.12. The Bertz CT molecular complexity index is 968. The molecule has 0 saturated heterocycles. The van der Waals surface area contributed by atoms with Gasteiger partial charge in [0.15, 0.2) is 0 Å². The average Bonchev–Trinajstić information content (AvgIpc) is 2.59. The number of hydrogen-bond donors (Lipinski definition) is 0. The zero-order chi connectivity index (χ0) is 16.2. The van der Waals surface area contributed by atoms with Crippen LogP contribution in [0.5, 0.6) is 0 Å². The van der Waals surface area contributed by atoms with Crippen LogP contribution in [0.25, 0.3) is 22.4 Å². The van der Waals surface area contributed by atoms with Crippen LogP contribution in [0.15, 0.2) is 66.7 Å². The van der Waals surface area contributed by atoms with Crippen LogP contribution in [0.3, 0.4) is 0 Å². The summed E-state index contributed by atoms with van der Waals surface area (Å²) in [5, 5.41) is 22.4. The summed E-state index contributed by atoms with van der Waals surface area (Å²) < 4.78 is 0. The third kappa shape index (κ3) is 3.09. The van der Waals surface area contributed by atoms with Gasteiger partial charge in [-0.15, -0.1) is 0 Å². The van der Waals surface area contributed by atoms with E-state index in [1.807, 2.05) is 42.5 Å². The van der Waals surface area contributed by atoms with Crippen molar-refractivity contribution in [3.8, 4) is 6.07 Å². The Labute approximate surface area is 133 Å². The number of nitriles is 1. The van der Waals surface area contributed by atoms with Gasteiger partial charge in [-0.3, -0.25) is 10.1 Å². The highest BCUT2D eigenvalue weighted by atomic mass is 16.6. The predicted octanol–water partition coefficient (Wildman–Crippen LogP) is 4.81. The van der Waals surface area contributed by atoms with Gasteiger partial charge >= 0.3 is 0 Å². The molecule has 3 rings (SSSR count). The fourth-order valence-electron chi connectivity index (χ4n) is 2.43. The molecule has 0 aromatic heterocycles. The summed E-state index contributed by atoms with van der Waals surface area (Å²) in [7, 11) is 0. The van der Waals surface area contributed by atoms with E-state index in [0.29, 0.717) is 11.1 Å². The molecule has 0 bridgehead atoms. The number of non-ortho nitro benzene ring substituents is 1. The molecule has 0 atom stereocenters. The summed E-state index contributed by atoms with van der Waals surface area (Å²) in [6, 6.07) is 22.1. The first-order chi connectivity index (χ1) is 11.2. The molecule has 3 aromatic carbocycles. The minimum atomic E-state index is -0.445. The van der Waals surface area contributed by atoms with Crippen LogP contribution in [-0.4, -0.2) is 4.92 Å². The fourth-order valence-corrected chi connectivity index (χ4v) is 2.43. The van der Waals surface area contributed by atoms with Crippen molar-refractivity contribution in [1.82, 2.24) is 0 Å². The lowest BCUT2D eigenvalue weighted by molar-refractivity contribution is -0.384. The Balaban J connectivity index is 2.05. The minimum absolute atomic E-state index is 0.00884. The molecule has 23 heavy (non-hydrogen) atoms. The largest absolute Gasteiger partial charge is 0.270 e. The van der Waals surface area contributed by atoms with Crippen LogP contribution in [0.2, 0.25) is 0 Å². The first-order valence-electron chi connectivity index (χ1n) is 7.03. The summed E-state index contributed by atoms with van der Waals surface area (Å²) in [5.41, 5.74) is 1.90. The van der Waals surface area contributed by atoms with E-state index in [0.717, 1.165) is 16.3 Å². The van der Waals surface area contributed by atoms with Gasteiger partial charge in [-0.1, -0.05) is 48.5 Å². The summed E-state index contributed by atoms with van der Waals surface area (Å²) >= 11 is 0. The van der Waals surface area contributed by atoms with Crippen molar-refractivity contribution >= 4 is 28.1 Å². The number of rotatable bonds is 3. The normalized spacial score (nSPS) is 11.2. The van der Waals surface area contributed by atoms with Crippen molar-refractivity contribution < 1.29 is 4.92 Å². The molecule has 4 nitrogen and oxygen atoms in total. The Morgan fingerprint density at radius 3 is 2.52 bits per heavy atom. The molecule has 0 aliphatic heterocycles. The van der Waals surface area contributed by atoms with Crippen molar-refractivity contribution in [3.05, 3.63) is 88.0 Å². The molecule has 4 heteroatoms. The summed E-state index contributed by atoms with van der Waals surface area (Å²) in [6.45, 7) is 0. The molecule has 0 fully saturated rings. The van der Waals surface area contributed by atoms with E-state index >= 15 is 0 Å². The van der Waals surface area contributed by atoms with Crippen LogP contribution >= 0.6 is 0 Å². The maximum atomic E-state index is 10.8. The van der Waals surface area contributed by atoms with Gasteiger partial charge < -0.3 is 0 Å². The van der Waals surface area contributed by atoms with E-state index in [9.17, 15) is 15.4 Å². The standard InChI is InChI=1S/C19H12N2O2/c20-13-18(10-14-4-3-7-19(11-14)21(22)23)17-9-8-15-5-1-2-6-16(15)12-17/h1-12H. The molecule has 0 N–H and O–H groups in total. The van der Waals surface area contributed by atoms with E-state index < -0.39 is 4.92 Å². The third-order valence-corrected chi connectivity index (χ3v) is 3.57. The number of allylic oxidation sites excluding steroid dienone is 1. The van der Waals surface area contributed by atoms with Crippen molar-refractivity contribution in [3.63, 3.8) is 0 Å². The number of benzene rings is 3. The molecule has 110 valence electrons. The van der Waals surface area contributed by atoms with Gasteiger partial charge in [-0.05, 0) is 34.0 Å². The molecular formula is C19H12N2O2. The van der Waals surface area contributed by atoms with Crippen LogP contribution in [0, 0.1) is 21.4 Å². The smallest absolute Gasteiger partial charge is 0.258 e. The quantitative estimate of drug-likeness (QED) is 0.301. The van der Waals surface area contributed by atoms with Gasteiger partial charge in [-0.2, -0.15) is 5.26 Å². The molecular weight excluding hydrogens is 288 g/mol. The lowest BCUT2D eigenvalue weighted by Gasteiger charge is -2.03. The van der Waals surface area contributed by atoms with Gasteiger partial charge in [0.2, 0.25) is 0 Å². The number of nitro benzene ring substituents is 1. The topological polar surface area (TPSA) is 66.9 Å². The van der Waals surface area contributed by atoms with Crippen molar-refractivity contribution in [2.45, 2.75) is 0 Å². The van der Waals surface area contributed by atoms with Gasteiger partial charge in [0, 0.05) is 12.1 Å². The van der Waals surface area contributed by atoms with Gasteiger partial charge in [0.25, 0.3) is 5.69 Å². The van der Waals surface area contributed by atoms with Crippen molar-refractivity contribution in [2.24, 2.45) is 0 Å². The molecule has 0 unspecified atom stereocenters. The summed E-state index contributed by atoms with van der Waals surface area (Å²) in [5.74, 6) is 0. The van der Waals surface area contributed by atoms with E-state index in [1.165, 1.54) is 12.1 Å². The molecule has 0 spiro atoms. The van der Waals surface area contributed by atoms with Crippen molar-refractivity contribution in [2.75, 3.05) is 0 Å². The Hall–Kier alpha value is -3.45. The molecule has 0 radical (unpaired) electrons. The minimum Gasteiger partial charge on any atom is -0.258 e. The van der Waals surface area contributed by atoms with Gasteiger partial charge in [0.1, 0.15) is 0 Å². The lowest BCUT2D eigenvalue weighted by Crippen LogP contribution is -1.88. The Kier molecular flexibility index (Phi) is 3.86. The van der Waals surface area contributed by atoms with E-state index in [4.69, 9.17) is 0 Å². The molecule has 0 heterocycles. The predicted molar refractivity (Wildman–Crippen MR) is 90.5 cm³/mol. The first-order valence-corrected chi connectivity index (χ1v) is 7.03. The van der Waals surface area contributed by atoms with E-state index in [1.54, 1.807) is 18.2 Å². The molecule has 0 aliphatic carbocycles. The number of nitro groups is 1. The molecule has 3 aromatic rings. The Morgan fingerprint density at radius 2 is 1.78 bits per heavy atom. The van der Waals surface area contributed by atoms with E-state index in [2.05, 4.69) is 6.07 Å². The number of hydrogen-bond acceptors (Lipinski definition) is 3. The summed E-state index contributed by atoms with van der Waals surface area (Å²) in [4.78, 5) is 10.4. The lowest BCUT2D eigenvalue weighted by atomic mass is 10.00. The monoisotopic (exact) mass is 300 g/mol. The SMILES string of the molecule is N#CC(=Cc1cccc([N+](=O)[O-])c1)c1ccc2ccccc2c1. The van der Waals surface area contributed by atoms with Gasteiger partial charge in [-0.25, -0.2) is 0 Å².